The molecule has 1 aromatic rings. The molecule has 0 bridgehead atoms. The highest BCUT2D eigenvalue weighted by molar-refractivity contribution is 7.89. The third-order valence-electron chi connectivity index (χ3n) is 4.22. The van der Waals surface area contributed by atoms with E-state index < -0.39 is 14.9 Å². The highest BCUT2D eigenvalue weighted by Crippen LogP contribution is 2.30. The minimum Gasteiger partial charge on any atom is -0.328 e. The molecule has 1 aromatic carbocycles. The summed E-state index contributed by atoms with van der Waals surface area (Å²) in [6.07, 6.45) is 2.81. The van der Waals surface area contributed by atoms with Crippen molar-refractivity contribution in [2.24, 2.45) is 5.73 Å². The number of hydrogen-bond donors (Lipinski definition) is 2. The fourth-order valence-corrected chi connectivity index (χ4v) is 4.55. The first-order valence-corrected chi connectivity index (χ1v) is 8.73. The van der Waals surface area contributed by atoms with Crippen LogP contribution < -0.4 is 10.5 Å². The molecule has 9 heteroatoms. The van der Waals surface area contributed by atoms with Crippen molar-refractivity contribution in [2.75, 3.05) is 0 Å². The molecule has 7 nitrogen and oxygen atoms in total. The zero-order chi connectivity index (χ0) is 16.5. The van der Waals surface area contributed by atoms with Crippen LogP contribution in [0.3, 0.4) is 0 Å². The summed E-state index contributed by atoms with van der Waals surface area (Å²) in [5.41, 5.74) is 6.54. The van der Waals surface area contributed by atoms with E-state index in [1.807, 2.05) is 0 Å². The highest BCUT2D eigenvalue weighted by atomic mass is 35.5. The molecule has 1 aliphatic rings. The molecule has 0 saturated heterocycles. The van der Waals surface area contributed by atoms with Gasteiger partial charge in [-0.3, -0.25) is 10.1 Å². The number of benzene rings is 1. The lowest BCUT2D eigenvalue weighted by molar-refractivity contribution is -0.387. The van der Waals surface area contributed by atoms with Gasteiger partial charge in [-0.2, -0.15) is 0 Å². The summed E-state index contributed by atoms with van der Waals surface area (Å²) in [5.74, 6) is 0. The molecule has 2 rings (SSSR count). The van der Waals surface area contributed by atoms with Crippen LogP contribution in [0.2, 0.25) is 0 Å². The molecule has 0 amide bonds. The number of nitro groups is 1. The van der Waals surface area contributed by atoms with Crippen molar-refractivity contribution in [1.82, 2.24) is 4.72 Å². The first-order valence-electron chi connectivity index (χ1n) is 7.25. The van der Waals surface area contributed by atoms with Gasteiger partial charge in [0.25, 0.3) is 5.69 Å². The Kier molecular flexibility index (Phi) is 6.52. The molecule has 0 aromatic heterocycles. The maximum Gasteiger partial charge on any atom is 0.289 e. The van der Waals surface area contributed by atoms with Gasteiger partial charge in [-0.1, -0.05) is 6.07 Å². The molecule has 23 heavy (non-hydrogen) atoms. The number of hydrogen-bond acceptors (Lipinski definition) is 5. The van der Waals surface area contributed by atoms with Crippen LogP contribution >= 0.6 is 12.4 Å². The van der Waals surface area contributed by atoms with E-state index in [0.29, 0.717) is 24.0 Å². The Labute approximate surface area is 142 Å². The Morgan fingerprint density at radius 2 is 1.78 bits per heavy atom. The number of nitrogens with one attached hydrogen (secondary N) is 1. The number of nitro benzene ring substituents is 1. The first kappa shape index (κ1) is 19.8. The zero-order valence-electron chi connectivity index (χ0n) is 13.1. The molecule has 0 atom stereocenters. The molecular weight excluding hydrogens is 342 g/mol. The Balaban J connectivity index is 0.00000264. The van der Waals surface area contributed by atoms with Crippen LogP contribution in [0.4, 0.5) is 5.69 Å². The van der Waals surface area contributed by atoms with E-state index in [9.17, 15) is 18.5 Å². The summed E-state index contributed by atoms with van der Waals surface area (Å²) >= 11 is 0. The lowest BCUT2D eigenvalue weighted by atomic mass is 9.93. The van der Waals surface area contributed by atoms with Gasteiger partial charge in [0.15, 0.2) is 4.90 Å². The van der Waals surface area contributed by atoms with Crippen molar-refractivity contribution in [3.8, 4) is 0 Å². The number of halogens is 1. The van der Waals surface area contributed by atoms with Gasteiger partial charge in [-0.05, 0) is 50.7 Å². The third kappa shape index (κ3) is 4.41. The van der Waals surface area contributed by atoms with E-state index in [1.54, 1.807) is 19.9 Å². The maximum atomic E-state index is 12.6. The molecule has 0 aliphatic heterocycles. The van der Waals surface area contributed by atoms with Crippen molar-refractivity contribution in [3.63, 3.8) is 0 Å². The summed E-state index contributed by atoms with van der Waals surface area (Å²) in [4.78, 5) is 10.3. The van der Waals surface area contributed by atoms with E-state index in [4.69, 9.17) is 5.73 Å². The van der Waals surface area contributed by atoms with Gasteiger partial charge in [0, 0.05) is 18.2 Å². The molecule has 0 heterocycles. The quantitative estimate of drug-likeness (QED) is 0.628. The molecule has 130 valence electrons. The second-order valence-electron chi connectivity index (χ2n) is 5.85. The van der Waals surface area contributed by atoms with Crippen LogP contribution in [0, 0.1) is 24.0 Å². The third-order valence-corrected chi connectivity index (χ3v) is 5.91. The van der Waals surface area contributed by atoms with Gasteiger partial charge in [0.1, 0.15) is 0 Å². The van der Waals surface area contributed by atoms with Gasteiger partial charge < -0.3 is 5.73 Å². The fraction of sp³-hybridized carbons (Fsp3) is 0.571. The summed E-state index contributed by atoms with van der Waals surface area (Å²) in [7, 11) is -3.94. The van der Waals surface area contributed by atoms with Gasteiger partial charge in [-0.25, -0.2) is 13.1 Å². The lowest BCUT2D eigenvalue weighted by Crippen LogP contribution is -2.40. The second-order valence-corrected chi connectivity index (χ2v) is 7.50. The van der Waals surface area contributed by atoms with E-state index in [0.717, 1.165) is 12.8 Å². The van der Waals surface area contributed by atoms with Crippen LogP contribution in [0.25, 0.3) is 0 Å². The average Bonchev–Trinajstić information content (AvgIpc) is 2.43. The van der Waals surface area contributed by atoms with Gasteiger partial charge in [0.2, 0.25) is 10.0 Å². The van der Waals surface area contributed by atoms with Crippen LogP contribution in [0.5, 0.6) is 0 Å². The summed E-state index contributed by atoms with van der Waals surface area (Å²) in [6.45, 7) is 3.32. The van der Waals surface area contributed by atoms with Crippen LogP contribution in [0.15, 0.2) is 17.0 Å². The standard InChI is InChI=1S/C14H21N3O4S.ClH/c1-9-3-8-13(17(18)19)14(10(9)2)22(20,21)16-12-6-4-11(15)5-7-12;/h3,8,11-12,16H,4-7,15H2,1-2H3;1H. The molecule has 0 radical (unpaired) electrons. The topological polar surface area (TPSA) is 115 Å². The molecular formula is C14H22ClN3O4S. The van der Waals surface area contributed by atoms with Crippen LogP contribution in [0.1, 0.15) is 36.8 Å². The molecule has 0 unspecified atom stereocenters. The monoisotopic (exact) mass is 363 g/mol. The van der Waals surface area contributed by atoms with Crippen molar-refractivity contribution >= 4 is 28.1 Å². The molecule has 3 N–H and O–H groups in total. The number of nitrogens with zero attached hydrogens (tertiary/aromatic N) is 1. The fourth-order valence-electron chi connectivity index (χ4n) is 2.77. The van der Waals surface area contributed by atoms with E-state index in [2.05, 4.69) is 4.72 Å². The molecule has 0 spiro atoms. The zero-order valence-corrected chi connectivity index (χ0v) is 14.7. The maximum absolute atomic E-state index is 12.6. The van der Waals surface area contributed by atoms with Crippen molar-refractivity contribution in [3.05, 3.63) is 33.4 Å². The summed E-state index contributed by atoms with van der Waals surface area (Å²) in [5, 5.41) is 11.2. The van der Waals surface area contributed by atoms with Gasteiger partial charge >= 0.3 is 0 Å². The Morgan fingerprint density at radius 3 is 2.30 bits per heavy atom. The molecule has 1 aliphatic carbocycles. The van der Waals surface area contributed by atoms with Crippen molar-refractivity contribution in [2.45, 2.75) is 56.5 Å². The smallest absolute Gasteiger partial charge is 0.289 e. The average molecular weight is 364 g/mol. The second kappa shape index (κ2) is 7.57. The number of aryl methyl sites for hydroxylation is 1. The summed E-state index contributed by atoms with van der Waals surface area (Å²) < 4.78 is 27.9. The van der Waals surface area contributed by atoms with Crippen LogP contribution in [-0.4, -0.2) is 25.4 Å². The number of sulfonamides is 1. The Hall–Kier alpha value is -1.22. The van der Waals surface area contributed by atoms with E-state index in [-0.39, 0.29) is 35.1 Å². The predicted molar refractivity (Wildman–Crippen MR) is 90.4 cm³/mol. The molecule has 1 fully saturated rings. The highest BCUT2D eigenvalue weighted by Gasteiger charge is 2.31. The van der Waals surface area contributed by atoms with Gasteiger partial charge in [0.05, 0.1) is 4.92 Å². The molecule has 1 saturated carbocycles. The predicted octanol–water partition coefficient (Wildman–Crippen LogP) is 2.18. The van der Waals surface area contributed by atoms with Crippen LogP contribution in [-0.2, 0) is 10.0 Å². The minimum atomic E-state index is -3.94. The van der Waals surface area contributed by atoms with E-state index in [1.165, 1.54) is 6.07 Å². The summed E-state index contributed by atoms with van der Waals surface area (Å²) in [6, 6.07) is 2.69. The Morgan fingerprint density at radius 1 is 1.22 bits per heavy atom. The van der Waals surface area contributed by atoms with Gasteiger partial charge in [-0.15, -0.1) is 12.4 Å². The number of nitrogens with two attached hydrogens (primary N) is 1. The Bertz CT molecular complexity index is 686. The van der Waals surface area contributed by atoms with Crippen molar-refractivity contribution < 1.29 is 13.3 Å². The minimum absolute atomic E-state index is 0. The van der Waals surface area contributed by atoms with Crippen molar-refractivity contribution in [1.29, 1.82) is 0 Å². The number of rotatable bonds is 4. The normalized spacial score (nSPS) is 21.5. The largest absolute Gasteiger partial charge is 0.328 e. The lowest BCUT2D eigenvalue weighted by Gasteiger charge is -2.26. The van der Waals surface area contributed by atoms with E-state index >= 15 is 0 Å². The SMILES string of the molecule is Cc1ccc([N+](=O)[O-])c(S(=O)(=O)NC2CCC(N)CC2)c1C.Cl. The first-order chi connectivity index (χ1) is 10.2.